The van der Waals surface area contributed by atoms with Crippen LogP contribution < -0.4 is 10.4 Å². The van der Waals surface area contributed by atoms with Gasteiger partial charge in [0.1, 0.15) is 11.4 Å². The van der Waals surface area contributed by atoms with E-state index >= 15 is 0 Å². The van der Waals surface area contributed by atoms with Crippen LogP contribution in [0.15, 0.2) is 23.0 Å². The minimum absolute atomic E-state index is 0.0861. The fourth-order valence-corrected chi connectivity index (χ4v) is 3.92. The van der Waals surface area contributed by atoms with Crippen molar-refractivity contribution in [1.29, 1.82) is 0 Å². The SMILES string of the molecule is COc1c(I)cc(I)cc1C=Cc1cc(C(F)(F)F)[nH]c(=O)n1. The Hall–Kier alpha value is -1.11. The van der Waals surface area contributed by atoms with Crippen molar-refractivity contribution in [2.45, 2.75) is 6.18 Å². The summed E-state index contributed by atoms with van der Waals surface area (Å²) >= 11 is 4.23. The molecule has 0 unspecified atom stereocenters. The average Bonchev–Trinajstić information content (AvgIpc) is 2.43. The van der Waals surface area contributed by atoms with Gasteiger partial charge in [0.2, 0.25) is 0 Å². The van der Waals surface area contributed by atoms with E-state index in [1.54, 1.807) is 11.1 Å². The van der Waals surface area contributed by atoms with Crippen molar-refractivity contribution in [2.75, 3.05) is 7.11 Å². The van der Waals surface area contributed by atoms with Gasteiger partial charge < -0.3 is 9.72 Å². The van der Waals surface area contributed by atoms with Crippen molar-refractivity contribution in [2.24, 2.45) is 0 Å². The van der Waals surface area contributed by atoms with Gasteiger partial charge in [0.25, 0.3) is 0 Å². The molecule has 0 amide bonds. The lowest BCUT2D eigenvalue weighted by atomic mass is 10.1. The number of nitrogens with one attached hydrogen (secondary N) is 1. The van der Waals surface area contributed by atoms with Gasteiger partial charge in [-0.15, -0.1) is 0 Å². The number of rotatable bonds is 3. The predicted octanol–water partition coefficient (Wildman–Crippen LogP) is 4.18. The fourth-order valence-electron chi connectivity index (χ4n) is 1.81. The summed E-state index contributed by atoms with van der Waals surface area (Å²) < 4.78 is 45.2. The smallest absolute Gasteiger partial charge is 0.431 e. The van der Waals surface area contributed by atoms with Gasteiger partial charge in [-0.25, -0.2) is 4.79 Å². The summed E-state index contributed by atoms with van der Waals surface area (Å²) in [5.74, 6) is 0.600. The van der Waals surface area contributed by atoms with Crippen molar-refractivity contribution in [3.63, 3.8) is 0 Å². The quantitative estimate of drug-likeness (QED) is 0.587. The highest BCUT2D eigenvalue weighted by molar-refractivity contribution is 14.1. The number of halogens is 5. The zero-order valence-electron chi connectivity index (χ0n) is 11.5. The lowest BCUT2D eigenvalue weighted by Crippen LogP contribution is -2.19. The Labute approximate surface area is 156 Å². The summed E-state index contributed by atoms with van der Waals surface area (Å²) in [7, 11) is 1.51. The van der Waals surface area contributed by atoms with Crippen LogP contribution in [0.25, 0.3) is 12.2 Å². The molecule has 2 rings (SSSR count). The first kappa shape index (κ1) is 18.2. The maximum Gasteiger partial charge on any atom is 0.431 e. The number of hydrogen-bond donors (Lipinski definition) is 1. The summed E-state index contributed by atoms with van der Waals surface area (Å²) in [6, 6.07) is 4.50. The maximum absolute atomic E-state index is 12.7. The number of H-pyrrole nitrogens is 1. The first-order valence-corrected chi connectivity index (χ1v) is 8.26. The second kappa shape index (κ2) is 7.20. The highest BCUT2D eigenvalue weighted by Gasteiger charge is 2.32. The number of alkyl halides is 3. The largest absolute Gasteiger partial charge is 0.495 e. The second-order valence-corrected chi connectivity index (χ2v) is 6.77. The Morgan fingerprint density at radius 3 is 2.52 bits per heavy atom. The number of benzene rings is 1. The van der Waals surface area contributed by atoms with E-state index in [1.807, 2.05) is 12.1 Å². The molecule has 0 radical (unpaired) electrons. The monoisotopic (exact) mass is 548 g/mol. The molecule has 23 heavy (non-hydrogen) atoms. The maximum atomic E-state index is 12.7. The number of aromatic amines is 1. The zero-order valence-corrected chi connectivity index (χ0v) is 15.9. The topological polar surface area (TPSA) is 55.0 Å². The molecule has 0 aliphatic rings. The van der Waals surface area contributed by atoms with Gasteiger partial charge in [-0.1, -0.05) is 0 Å². The number of hydrogen-bond acceptors (Lipinski definition) is 3. The zero-order chi connectivity index (χ0) is 17.2. The van der Waals surface area contributed by atoms with E-state index in [-0.39, 0.29) is 5.69 Å². The van der Waals surface area contributed by atoms with Gasteiger partial charge in [0, 0.05) is 9.13 Å². The van der Waals surface area contributed by atoms with E-state index in [9.17, 15) is 18.0 Å². The fraction of sp³-hybridized carbons (Fsp3) is 0.143. The van der Waals surface area contributed by atoms with Gasteiger partial charge in [0.15, 0.2) is 0 Å². The Morgan fingerprint density at radius 2 is 1.91 bits per heavy atom. The van der Waals surface area contributed by atoms with Crippen molar-refractivity contribution >= 4 is 57.3 Å². The van der Waals surface area contributed by atoms with Crippen LogP contribution in [0.3, 0.4) is 0 Å². The molecule has 2 aromatic rings. The van der Waals surface area contributed by atoms with Crippen LogP contribution in [-0.4, -0.2) is 17.1 Å². The molecule has 0 saturated heterocycles. The first-order chi connectivity index (χ1) is 10.7. The molecule has 0 bridgehead atoms. The average molecular weight is 548 g/mol. The highest BCUT2D eigenvalue weighted by atomic mass is 127. The molecule has 0 atom stereocenters. The molecular formula is C14H9F3I2N2O2. The Bertz CT molecular complexity index is 817. The van der Waals surface area contributed by atoms with Crippen LogP contribution in [0.1, 0.15) is 17.0 Å². The molecular weight excluding hydrogens is 539 g/mol. The molecule has 1 N–H and O–H groups in total. The summed E-state index contributed by atoms with van der Waals surface area (Å²) in [6.45, 7) is 0. The minimum atomic E-state index is -4.64. The molecule has 9 heteroatoms. The second-order valence-electron chi connectivity index (χ2n) is 4.37. The Balaban J connectivity index is 2.46. The van der Waals surface area contributed by atoms with Crippen LogP contribution >= 0.6 is 45.2 Å². The Morgan fingerprint density at radius 1 is 1.22 bits per heavy atom. The minimum Gasteiger partial charge on any atom is -0.495 e. The van der Waals surface area contributed by atoms with Crippen LogP contribution in [0.4, 0.5) is 13.2 Å². The molecule has 1 aromatic heterocycles. The first-order valence-electron chi connectivity index (χ1n) is 6.10. The van der Waals surface area contributed by atoms with E-state index in [4.69, 9.17) is 4.74 Å². The van der Waals surface area contributed by atoms with Crippen LogP contribution in [0, 0.1) is 7.14 Å². The van der Waals surface area contributed by atoms with Gasteiger partial charge >= 0.3 is 11.9 Å². The van der Waals surface area contributed by atoms with Crippen LogP contribution in [-0.2, 0) is 6.18 Å². The Kier molecular flexibility index (Phi) is 5.70. The van der Waals surface area contributed by atoms with Gasteiger partial charge in [-0.2, -0.15) is 18.2 Å². The van der Waals surface area contributed by atoms with Gasteiger partial charge in [0.05, 0.1) is 16.4 Å². The lowest BCUT2D eigenvalue weighted by molar-refractivity contribution is -0.141. The third-order valence-corrected chi connectivity index (χ3v) is 4.17. The van der Waals surface area contributed by atoms with E-state index in [2.05, 4.69) is 50.2 Å². The molecule has 0 saturated carbocycles. The molecule has 1 heterocycles. The summed E-state index contributed by atoms with van der Waals surface area (Å²) in [6.07, 6.45) is -1.74. The third-order valence-electron chi connectivity index (χ3n) is 2.74. The molecule has 4 nitrogen and oxygen atoms in total. The molecule has 0 spiro atoms. The van der Waals surface area contributed by atoms with Crippen molar-refractivity contribution < 1.29 is 17.9 Å². The molecule has 0 fully saturated rings. The molecule has 0 aliphatic carbocycles. The normalized spacial score (nSPS) is 11.9. The number of ether oxygens (including phenoxy) is 1. The number of methoxy groups -OCH3 is 1. The molecule has 0 aliphatic heterocycles. The van der Waals surface area contributed by atoms with Gasteiger partial charge in [-0.3, -0.25) is 0 Å². The lowest BCUT2D eigenvalue weighted by Gasteiger charge is -2.08. The van der Waals surface area contributed by atoms with Gasteiger partial charge in [-0.05, 0) is 75.5 Å². The molecule has 1 aromatic carbocycles. The number of nitrogens with zero attached hydrogens (tertiary/aromatic N) is 1. The van der Waals surface area contributed by atoms with Crippen molar-refractivity contribution in [3.05, 3.63) is 52.8 Å². The van der Waals surface area contributed by atoms with Crippen LogP contribution in [0.5, 0.6) is 5.75 Å². The molecule has 122 valence electrons. The standard InChI is InChI=1S/C14H9F3I2N2O2/c1-23-12-7(4-8(18)5-10(12)19)2-3-9-6-11(14(15,16)17)21-13(22)20-9/h2-6H,1H3,(H,20,21,22). The summed E-state index contributed by atoms with van der Waals surface area (Å²) in [5, 5.41) is 0. The third kappa shape index (κ3) is 4.68. The predicted molar refractivity (Wildman–Crippen MR) is 97.2 cm³/mol. The summed E-state index contributed by atoms with van der Waals surface area (Å²) in [4.78, 5) is 16.5. The number of aromatic nitrogens is 2. The van der Waals surface area contributed by atoms with E-state index in [1.165, 1.54) is 13.2 Å². The van der Waals surface area contributed by atoms with Crippen LogP contribution in [0.2, 0.25) is 0 Å². The van der Waals surface area contributed by atoms with E-state index in [0.717, 1.165) is 13.2 Å². The van der Waals surface area contributed by atoms with E-state index in [0.29, 0.717) is 11.3 Å². The summed E-state index contributed by atoms with van der Waals surface area (Å²) in [5.41, 5.74) is -1.60. The van der Waals surface area contributed by atoms with E-state index < -0.39 is 17.6 Å². The highest BCUT2D eigenvalue weighted by Crippen LogP contribution is 2.30. The van der Waals surface area contributed by atoms with Crippen molar-refractivity contribution in [3.8, 4) is 5.75 Å². The van der Waals surface area contributed by atoms with Crippen molar-refractivity contribution in [1.82, 2.24) is 9.97 Å².